The van der Waals surface area contributed by atoms with Gasteiger partial charge in [0.05, 0.1) is 0 Å². The number of amides is 1. The van der Waals surface area contributed by atoms with Gasteiger partial charge in [-0.05, 0) is 24.5 Å². The zero-order chi connectivity index (χ0) is 13.7. The number of carbonyl (C=O) groups excluding carboxylic acids is 1. The molecular weight excluding hydrogens is 256 g/mol. The van der Waals surface area contributed by atoms with Crippen LogP contribution in [0.1, 0.15) is 43.2 Å². The van der Waals surface area contributed by atoms with E-state index in [4.69, 9.17) is 18.0 Å². The Morgan fingerprint density at radius 1 is 1.32 bits per heavy atom. The Morgan fingerprint density at radius 3 is 2.74 bits per heavy atom. The zero-order valence-electron chi connectivity index (χ0n) is 11.0. The summed E-state index contributed by atoms with van der Waals surface area (Å²) in [6.45, 7) is 0.547. The molecule has 1 saturated carbocycles. The predicted octanol–water partition coefficient (Wildman–Crippen LogP) is 2.52. The minimum absolute atomic E-state index is 0.181. The van der Waals surface area contributed by atoms with Crippen LogP contribution in [0.25, 0.3) is 0 Å². The molecule has 1 aliphatic carbocycles. The molecule has 102 valence electrons. The van der Waals surface area contributed by atoms with Crippen LogP contribution in [0.3, 0.4) is 0 Å². The van der Waals surface area contributed by atoms with E-state index in [0.717, 1.165) is 24.0 Å². The van der Waals surface area contributed by atoms with Crippen molar-refractivity contribution in [1.29, 1.82) is 0 Å². The van der Waals surface area contributed by atoms with Gasteiger partial charge < -0.3 is 11.1 Å². The summed E-state index contributed by atoms with van der Waals surface area (Å²) < 4.78 is 0. The highest BCUT2D eigenvalue weighted by molar-refractivity contribution is 7.80. The Balaban J connectivity index is 1.89. The lowest BCUT2D eigenvalue weighted by atomic mass is 9.88. The maximum Gasteiger partial charge on any atom is 0.223 e. The van der Waals surface area contributed by atoms with E-state index >= 15 is 0 Å². The van der Waals surface area contributed by atoms with Crippen LogP contribution in [0.15, 0.2) is 24.3 Å². The summed E-state index contributed by atoms with van der Waals surface area (Å²) in [5.41, 5.74) is 7.48. The molecule has 0 bridgehead atoms. The first-order valence-corrected chi connectivity index (χ1v) is 7.24. The largest absolute Gasteiger partial charge is 0.389 e. The number of nitrogens with one attached hydrogen (secondary N) is 1. The van der Waals surface area contributed by atoms with Crippen molar-refractivity contribution in [2.24, 2.45) is 11.7 Å². The van der Waals surface area contributed by atoms with Gasteiger partial charge in [-0.25, -0.2) is 0 Å². The lowest BCUT2D eigenvalue weighted by Gasteiger charge is -2.20. The number of nitrogens with two attached hydrogens (primary N) is 1. The second-order valence-electron chi connectivity index (χ2n) is 5.12. The Kier molecular flexibility index (Phi) is 4.91. The fourth-order valence-electron chi connectivity index (χ4n) is 2.53. The first-order chi connectivity index (χ1) is 9.16. The van der Waals surface area contributed by atoms with Crippen molar-refractivity contribution < 1.29 is 4.79 Å². The maximum atomic E-state index is 12.0. The summed E-state index contributed by atoms with van der Waals surface area (Å²) in [6, 6.07) is 7.71. The van der Waals surface area contributed by atoms with Crippen molar-refractivity contribution in [2.45, 2.75) is 38.6 Å². The highest BCUT2D eigenvalue weighted by Crippen LogP contribution is 2.23. The number of rotatable bonds is 4. The Labute approximate surface area is 119 Å². The van der Waals surface area contributed by atoms with Crippen LogP contribution in [-0.4, -0.2) is 10.9 Å². The summed E-state index contributed by atoms with van der Waals surface area (Å²) in [4.78, 5) is 12.4. The average molecular weight is 276 g/mol. The van der Waals surface area contributed by atoms with Gasteiger partial charge in [0.2, 0.25) is 5.91 Å². The van der Waals surface area contributed by atoms with Crippen LogP contribution in [0.5, 0.6) is 0 Å². The van der Waals surface area contributed by atoms with Gasteiger partial charge in [-0.1, -0.05) is 49.7 Å². The van der Waals surface area contributed by atoms with Gasteiger partial charge in [-0.15, -0.1) is 0 Å². The molecule has 0 unspecified atom stereocenters. The number of benzene rings is 1. The van der Waals surface area contributed by atoms with Gasteiger partial charge in [0.15, 0.2) is 0 Å². The van der Waals surface area contributed by atoms with E-state index in [1.165, 1.54) is 19.3 Å². The first-order valence-electron chi connectivity index (χ1n) is 6.83. The Morgan fingerprint density at radius 2 is 2.05 bits per heavy atom. The quantitative estimate of drug-likeness (QED) is 0.831. The molecule has 1 fully saturated rings. The molecule has 19 heavy (non-hydrogen) atoms. The van der Waals surface area contributed by atoms with Crippen molar-refractivity contribution in [3.05, 3.63) is 35.4 Å². The summed E-state index contributed by atoms with van der Waals surface area (Å²) >= 11 is 4.95. The summed E-state index contributed by atoms with van der Waals surface area (Å²) in [6.07, 6.45) is 5.67. The van der Waals surface area contributed by atoms with Gasteiger partial charge >= 0.3 is 0 Å². The van der Waals surface area contributed by atoms with Crippen molar-refractivity contribution in [3.8, 4) is 0 Å². The zero-order valence-corrected chi connectivity index (χ0v) is 11.8. The predicted molar refractivity (Wildman–Crippen MR) is 80.8 cm³/mol. The minimum atomic E-state index is 0.181. The fourth-order valence-corrected chi connectivity index (χ4v) is 2.66. The number of hydrogen-bond acceptors (Lipinski definition) is 2. The highest BCUT2D eigenvalue weighted by Gasteiger charge is 2.20. The third-order valence-electron chi connectivity index (χ3n) is 3.65. The summed E-state index contributed by atoms with van der Waals surface area (Å²) in [5.74, 6) is 0.382. The van der Waals surface area contributed by atoms with E-state index < -0.39 is 0 Å². The molecule has 0 atom stereocenters. The van der Waals surface area contributed by atoms with Crippen LogP contribution >= 0.6 is 12.2 Å². The molecule has 3 nitrogen and oxygen atoms in total. The lowest BCUT2D eigenvalue weighted by Crippen LogP contribution is -2.31. The van der Waals surface area contributed by atoms with Crippen LogP contribution in [0.4, 0.5) is 0 Å². The number of carbonyl (C=O) groups is 1. The van der Waals surface area contributed by atoms with Gasteiger partial charge in [0.25, 0.3) is 0 Å². The molecule has 0 aliphatic heterocycles. The number of hydrogen-bond donors (Lipinski definition) is 2. The van der Waals surface area contributed by atoms with E-state index in [1.54, 1.807) is 0 Å². The summed E-state index contributed by atoms with van der Waals surface area (Å²) in [5, 5.41) is 3.01. The molecule has 1 aromatic carbocycles. The van der Waals surface area contributed by atoms with Crippen LogP contribution in [0.2, 0.25) is 0 Å². The minimum Gasteiger partial charge on any atom is -0.389 e. The first kappa shape index (κ1) is 14.0. The van der Waals surface area contributed by atoms with Crippen molar-refractivity contribution in [2.75, 3.05) is 0 Å². The molecule has 0 spiro atoms. The topological polar surface area (TPSA) is 55.1 Å². The second-order valence-corrected chi connectivity index (χ2v) is 5.56. The second kappa shape index (κ2) is 6.66. The van der Waals surface area contributed by atoms with Crippen LogP contribution in [0, 0.1) is 5.92 Å². The monoisotopic (exact) mass is 276 g/mol. The molecule has 0 heterocycles. The molecule has 1 aliphatic rings. The van der Waals surface area contributed by atoms with E-state index in [9.17, 15) is 4.79 Å². The van der Waals surface area contributed by atoms with Crippen LogP contribution in [-0.2, 0) is 11.3 Å². The Bertz CT molecular complexity index is 467. The van der Waals surface area contributed by atoms with Crippen molar-refractivity contribution >= 4 is 23.1 Å². The highest BCUT2D eigenvalue weighted by atomic mass is 32.1. The fraction of sp³-hybridized carbons (Fsp3) is 0.467. The third-order valence-corrected chi connectivity index (χ3v) is 3.89. The third kappa shape index (κ3) is 4.03. The smallest absolute Gasteiger partial charge is 0.223 e. The molecule has 2 rings (SSSR count). The Hall–Kier alpha value is -1.42. The number of thiocarbonyl (C=S) groups is 1. The molecule has 1 amide bonds. The van der Waals surface area contributed by atoms with E-state index in [-0.39, 0.29) is 11.8 Å². The van der Waals surface area contributed by atoms with Gasteiger partial charge in [0, 0.05) is 18.0 Å². The van der Waals surface area contributed by atoms with Gasteiger partial charge in [-0.2, -0.15) is 0 Å². The van der Waals surface area contributed by atoms with Crippen LogP contribution < -0.4 is 11.1 Å². The standard InChI is InChI=1S/C15H20N2OS/c16-14(19)13-8-4-5-11(9-13)10-17-15(18)12-6-2-1-3-7-12/h4-5,8-9,12H,1-3,6-7,10H2,(H2,16,19)(H,17,18). The van der Waals surface area contributed by atoms with Gasteiger partial charge in [-0.3, -0.25) is 4.79 Å². The van der Waals surface area contributed by atoms with E-state index in [2.05, 4.69) is 5.32 Å². The van der Waals surface area contributed by atoms with E-state index in [1.807, 2.05) is 24.3 Å². The molecule has 0 saturated heterocycles. The van der Waals surface area contributed by atoms with Crippen molar-refractivity contribution in [3.63, 3.8) is 0 Å². The molecule has 4 heteroatoms. The molecule has 0 radical (unpaired) electrons. The molecule has 3 N–H and O–H groups in total. The average Bonchev–Trinajstić information content (AvgIpc) is 2.46. The molecule has 0 aromatic heterocycles. The maximum absolute atomic E-state index is 12.0. The summed E-state index contributed by atoms with van der Waals surface area (Å²) in [7, 11) is 0. The molecule has 1 aromatic rings. The van der Waals surface area contributed by atoms with Gasteiger partial charge in [0.1, 0.15) is 4.99 Å². The SMILES string of the molecule is NC(=S)c1cccc(CNC(=O)C2CCCCC2)c1. The van der Waals surface area contributed by atoms with E-state index in [0.29, 0.717) is 11.5 Å². The van der Waals surface area contributed by atoms with Crippen molar-refractivity contribution in [1.82, 2.24) is 5.32 Å². The lowest BCUT2D eigenvalue weighted by molar-refractivity contribution is -0.126. The normalized spacial score (nSPS) is 16.0. The molecular formula is C15H20N2OS.